The summed E-state index contributed by atoms with van der Waals surface area (Å²) in [4.78, 5) is 4.17. The van der Waals surface area contributed by atoms with Crippen molar-refractivity contribution in [1.82, 2.24) is 4.98 Å². The molecule has 0 N–H and O–H groups in total. The molecule has 0 radical (unpaired) electrons. The van der Waals surface area contributed by atoms with Gasteiger partial charge in [-0.1, -0.05) is 29.9 Å². The molecule has 0 saturated carbocycles. The molecule has 0 aliphatic rings. The minimum atomic E-state index is 0.637. The average molecular weight is 265 g/mol. The minimum Gasteiger partial charge on any atom is -0.249 e. The fraction of sp³-hybridized carbons (Fsp3) is 0.125. The number of nitrogens with zero attached hydrogens (tertiary/aromatic N) is 1. The molecule has 1 heterocycles. The summed E-state index contributed by atoms with van der Waals surface area (Å²) in [7, 11) is 0. The number of halogens is 2. The van der Waals surface area contributed by atoms with Crippen LogP contribution in [0.5, 0.6) is 0 Å². The van der Waals surface area contributed by atoms with Crippen LogP contribution in [-0.2, 0) is 0 Å². The van der Waals surface area contributed by atoms with E-state index in [9.17, 15) is 0 Å². The van der Waals surface area contributed by atoms with E-state index in [2.05, 4.69) is 27.5 Å². The van der Waals surface area contributed by atoms with Gasteiger partial charge >= 0.3 is 0 Å². The zero-order valence-corrected chi connectivity index (χ0v) is 9.42. The summed E-state index contributed by atoms with van der Waals surface area (Å²) in [5.41, 5.74) is 0. The predicted octanol–water partition coefficient (Wildman–Crippen LogP) is 3.69. The van der Waals surface area contributed by atoms with E-state index < -0.39 is 0 Å². The summed E-state index contributed by atoms with van der Waals surface area (Å²) in [6, 6.07) is 3.83. The van der Waals surface area contributed by atoms with Gasteiger partial charge in [0.05, 0.1) is 0 Å². The zero-order chi connectivity index (χ0) is 8.97. The highest BCUT2D eigenvalue weighted by atomic mass is 79.9. The van der Waals surface area contributed by atoms with Crippen LogP contribution >= 0.6 is 39.3 Å². The van der Waals surface area contributed by atoms with Gasteiger partial charge in [-0.05, 0) is 28.1 Å². The molecule has 0 aromatic carbocycles. The monoisotopic (exact) mass is 263 g/mol. The van der Waals surface area contributed by atoms with E-state index in [1.54, 1.807) is 18.0 Å². The third-order valence-electron chi connectivity index (χ3n) is 1.09. The van der Waals surface area contributed by atoms with E-state index in [0.717, 1.165) is 9.50 Å². The van der Waals surface area contributed by atoms with Gasteiger partial charge in [0.25, 0.3) is 0 Å². The Morgan fingerprint density at radius 1 is 1.75 bits per heavy atom. The highest BCUT2D eigenvalue weighted by molar-refractivity contribution is 9.10. The SMILES string of the molecule is C=C(Cl)CSc1ncccc1Br. The Morgan fingerprint density at radius 2 is 2.50 bits per heavy atom. The molecule has 4 heteroatoms. The number of hydrogen-bond acceptors (Lipinski definition) is 2. The molecule has 0 unspecified atom stereocenters. The highest BCUT2D eigenvalue weighted by Gasteiger charge is 2.00. The molecule has 64 valence electrons. The minimum absolute atomic E-state index is 0.637. The first-order valence-corrected chi connectivity index (χ1v) is 5.42. The molecule has 0 atom stereocenters. The maximum Gasteiger partial charge on any atom is 0.111 e. The second-order valence-electron chi connectivity index (χ2n) is 2.10. The van der Waals surface area contributed by atoms with E-state index in [4.69, 9.17) is 11.6 Å². The molecular weight excluding hydrogens is 258 g/mol. The normalized spacial score (nSPS) is 9.83. The fourth-order valence-corrected chi connectivity index (χ4v) is 2.02. The van der Waals surface area contributed by atoms with Crippen LogP contribution in [0, 0.1) is 0 Å². The van der Waals surface area contributed by atoms with Crippen LogP contribution in [0.25, 0.3) is 0 Å². The van der Waals surface area contributed by atoms with E-state index in [-0.39, 0.29) is 0 Å². The molecule has 0 amide bonds. The number of rotatable bonds is 3. The van der Waals surface area contributed by atoms with Crippen LogP contribution in [0.4, 0.5) is 0 Å². The predicted molar refractivity (Wildman–Crippen MR) is 57.7 cm³/mol. The molecule has 0 spiro atoms. The van der Waals surface area contributed by atoms with E-state index in [1.807, 2.05) is 12.1 Å². The maximum atomic E-state index is 5.62. The van der Waals surface area contributed by atoms with Crippen LogP contribution in [0.15, 0.2) is 39.4 Å². The summed E-state index contributed by atoms with van der Waals surface area (Å²) >= 11 is 10.6. The van der Waals surface area contributed by atoms with Gasteiger partial charge in [0, 0.05) is 21.5 Å². The molecule has 0 fully saturated rings. The summed E-state index contributed by atoms with van der Waals surface area (Å²) in [5.74, 6) is 0.692. The Balaban J connectivity index is 2.63. The number of hydrogen-bond donors (Lipinski definition) is 0. The first-order chi connectivity index (χ1) is 5.70. The number of aromatic nitrogens is 1. The van der Waals surface area contributed by atoms with Crippen molar-refractivity contribution < 1.29 is 0 Å². The van der Waals surface area contributed by atoms with Gasteiger partial charge in [-0.2, -0.15) is 0 Å². The lowest BCUT2D eigenvalue weighted by atomic mass is 10.5. The lowest BCUT2D eigenvalue weighted by Crippen LogP contribution is -1.82. The summed E-state index contributed by atoms with van der Waals surface area (Å²) in [5, 5.41) is 1.58. The topological polar surface area (TPSA) is 12.9 Å². The number of pyridine rings is 1. The van der Waals surface area contributed by atoms with Gasteiger partial charge in [0.2, 0.25) is 0 Å². The largest absolute Gasteiger partial charge is 0.249 e. The molecule has 1 nitrogen and oxygen atoms in total. The van der Waals surface area contributed by atoms with Crippen LogP contribution in [0.1, 0.15) is 0 Å². The van der Waals surface area contributed by atoms with E-state index >= 15 is 0 Å². The summed E-state index contributed by atoms with van der Waals surface area (Å²) < 4.78 is 0.993. The van der Waals surface area contributed by atoms with Crippen LogP contribution in [-0.4, -0.2) is 10.7 Å². The Labute approximate surface area is 89.4 Å². The summed E-state index contributed by atoms with van der Waals surface area (Å²) in [6.45, 7) is 3.60. The van der Waals surface area contributed by atoms with Crippen molar-refractivity contribution >= 4 is 39.3 Å². The van der Waals surface area contributed by atoms with Gasteiger partial charge in [-0.25, -0.2) is 4.98 Å². The van der Waals surface area contributed by atoms with Crippen LogP contribution in [0.3, 0.4) is 0 Å². The molecular formula is C8H7BrClNS. The maximum absolute atomic E-state index is 5.62. The molecule has 0 aliphatic carbocycles. The van der Waals surface area contributed by atoms with Crippen molar-refractivity contribution in [1.29, 1.82) is 0 Å². The number of thioether (sulfide) groups is 1. The van der Waals surface area contributed by atoms with E-state index in [1.165, 1.54) is 0 Å². The van der Waals surface area contributed by atoms with Gasteiger partial charge in [-0.3, -0.25) is 0 Å². The fourth-order valence-electron chi connectivity index (χ4n) is 0.624. The van der Waals surface area contributed by atoms with Crippen LogP contribution in [0.2, 0.25) is 0 Å². The zero-order valence-electron chi connectivity index (χ0n) is 6.26. The molecule has 0 bridgehead atoms. The van der Waals surface area contributed by atoms with Crippen LogP contribution < -0.4 is 0 Å². The quantitative estimate of drug-likeness (QED) is 0.772. The van der Waals surface area contributed by atoms with Crippen molar-refractivity contribution in [2.45, 2.75) is 5.03 Å². The second kappa shape index (κ2) is 4.90. The lowest BCUT2D eigenvalue weighted by molar-refractivity contribution is 1.11. The van der Waals surface area contributed by atoms with Gasteiger partial charge < -0.3 is 0 Å². The first-order valence-electron chi connectivity index (χ1n) is 3.27. The van der Waals surface area contributed by atoms with Gasteiger partial charge in [0.15, 0.2) is 0 Å². The third kappa shape index (κ3) is 3.17. The van der Waals surface area contributed by atoms with Crippen molar-refractivity contribution in [2.75, 3.05) is 5.75 Å². The molecule has 1 aromatic rings. The molecule has 0 saturated heterocycles. The third-order valence-corrected chi connectivity index (χ3v) is 3.38. The molecule has 1 rings (SSSR count). The van der Waals surface area contributed by atoms with Gasteiger partial charge in [0.1, 0.15) is 5.03 Å². The lowest BCUT2D eigenvalue weighted by Gasteiger charge is -2.00. The second-order valence-corrected chi connectivity index (χ2v) is 4.45. The van der Waals surface area contributed by atoms with E-state index in [0.29, 0.717) is 10.8 Å². The smallest absolute Gasteiger partial charge is 0.111 e. The Kier molecular flexibility index (Phi) is 4.12. The van der Waals surface area contributed by atoms with Crippen molar-refractivity contribution in [3.05, 3.63) is 34.4 Å². The standard InChI is InChI=1S/C8H7BrClNS/c1-6(10)5-12-8-7(9)3-2-4-11-8/h2-4H,1,5H2. The average Bonchev–Trinajstić information content (AvgIpc) is 2.03. The first kappa shape index (κ1) is 10.1. The summed E-state index contributed by atoms with van der Waals surface area (Å²) in [6.07, 6.45) is 1.75. The van der Waals surface area contributed by atoms with Crippen molar-refractivity contribution in [3.63, 3.8) is 0 Å². The molecule has 12 heavy (non-hydrogen) atoms. The van der Waals surface area contributed by atoms with Crippen molar-refractivity contribution in [3.8, 4) is 0 Å². The van der Waals surface area contributed by atoms with Gasteiger partial charge in [-0.15, -0.1) is 0 Å². The Bertz CT molecular complexity index is 290. The molecule has 0 aliphatic heterocycles. The Morgan fingerprint density at radius 3 is 3.08 bits per heavy atom. The molecule has 1 aromatic heterocycles. The van der Waals surface area contributed by atoms with Crippen molar-refractivity contribution in [2.24, 2.45) is 0 Å². The highest BCUT2D eigenvalue weighted by Crippen LogP contribution is 2.26. The Hall–Kier alpha value is 0.01000.